The Balaban J connectivity index is 1.99. The van der Waals surface area contributed by atoms with Crippen molar-refractivity contribution in [2.45, 2.75) is 46.0 Å². The van der Waals surface area contributed by atoms with Gasteiger partial charge in [-0.25, -0.2) is 0 Å². The molecule has 0 aliphatic carbocycles. The van der Waals surface area contributed by atoms with E-state index in [0.717, 1.165) is 38.9 Å². The van der Waals surface area contributed by atoms with Crippen LogP contribution in [0.2, 0.25) is 0 Å². The molecule has 0 saturated heterocycles. The summed E-state index contributed by atoms with van der Waals surface area (Å²) in [6.07, 6.45) is 1.85. The summed E-state index contributed by atoms with van der Waals surface area (Å²) >= 11 is 2.95. The summed E-state index contributed by atoms with van der Waals surface area (Å²) in [4.78, 5) is 13.8. The third-order valence-corrected chi connectivity index (χ3v) is 6.45. The molecule has 3 aromatic rings. The number of aryl methyl sites for hydroxylation is 1. The van der Waals surface area contributed by atoms with Crippen molar-refractivity contribution < 1.29 is 4.79 Å². The largest absolute Gasteiger partial charge is 0.312 e. The number of benzene rings is 1. The van der Waals surface area contributed by atoms with Crippen molar-refractivity contribution in [3.05, 3.63) is 51.2 Å². The number of carbonyl (C=O) groups excluding carboxylic acids is 1. The number of nitrogens with zero attached hydrogens (tertiary/aromatic N) is 1. The number of nitrogens with one attached hydrogen (secondary N) is 1. The van der Waals surface area contributed by atoms with E-state index in [9.17, 15) is 10.1 Å². The number of hydrogen-bond acceptors (Lipinski definition) is 4. The molecule has 3 nitrogen and oxygen atoms in total. The van der Waals surface area contributed by atoms with Crippen LogP contribution in [0, 0.1) is 11.3 Å². The summed E-state index contributed by atoms with van der Waals surface area (Å²) in [7, 11) is 0. The van der Waals surface area contributed by atoms with Crippen molar-refractivity contribution in [3.63, 3.8) is 0 Å². The fourth-order valence-corrected chi connectivity index (χ4v) is 5.33. The lowest BCUT2D eigenvalue weighted by Gasteiger charge is -2.17. The summed E-state index contributed by atoms with van der Waals surface area (Å²) in [5.74, 6) is -0.117. The van der Waals surface area contributed by atoms with Gasteiger partial charge in [-0.15, -0.1) is 22.7 Å². The quantitative estimate of drug-likeness (QED) is 0.572. The van der Waals surface area contributed by atoms with Crippen molar-refractivity contribution in [1.82, 2.24) is 0 Å². The van der Waals surface area contributed by atoms with Gasteiger partial charge in [0, 0.05) is 4.70 Å². The molecule has 1 aromatic carbocycles. The molecule has 0 atom stereocenters. The van der Waals surface area contributed by atoms with Crippen LogP contribution in [0.3, 0.4) is 0 Å². The lowest BCUT2D eigenvalue weighted by Crippen LogP contribution is -2.14. The Morgan fingerprint density at radius 1 is 1.27 bits per heavy atom. The highest BCUT2D eigenvalue weighted by Crippen LogP contribution is 2.37. The molecule has 2 aromatic heterocycles. The molecule has 1 amide bonds. The van der Waals surface area contributed by atoms with Crippen LogP contribution in [0.25, 0.3) is 10.1 Å². The Morgan fingerprint density at radius 2 is 2.00 bits per heavy atom. The molecule has 26 heavy (non-hydrogen) atoms. The second-order valence-electron chi connectivity index (χ2n) is 7.33. The first-order valence-corrected chi connectivity index (χ1v) is 10.4. The van der Waals surface area contributed by atoms with Gasteiger partial charge in [0.25, 0.3) is 5.91 Å². The summed E-state index contributed by atoms with van der Waals surface area (Å²) in [6.45, 7) is 8.35. The van der Waals surface area contributed by atoms with Crippen molar-refractivity contribution in [2.75, 3.05) is 5.32 Å². The number of thiophene rings is 2. The van der Waals surface area contributed by atoms with Crippen molar-refractivity contribution >= 4 is 43.7 Å². The smallest absolute Gasteiger partial charge is 0.266 e. The molecule has 0 aliphatic rings. The second-order valence-corrected chi connectivity index (χ2v) is 9.26. The highest BCUT2D eigenvalue weighted by atomic mass is 32.1. The summed E-state index contributed by atoms with van der Waals surface area (Å²) in [6, 6.07) is 10.4. The van der Waals surface area contributed by atoms with Crippen molar-refractivity contribution in [2.24, 2.45) is 0 Å². The van der Waals surface area contributed by atoms with Crippen LogP contribution in [0.5, 0.6) is 0 Å². The minimum absolute atomic E-state index is 0.117. The number of carbonyl (C=O) groups is 1. The number of rotatable bonds is 4. The third-order valence-electron chi connectivity index (χ3n) is 4.34. The van der Waals surface area contributed by atoms with Gasteiger partial charge in [-0.2, -0.15) is 5.26 Å². The highest BCUT2D eigenvalue weighted by molar-refractivity contribution is 7.21. The van der Waals surface area contributed by atoms with Gasteiger partial charge < -0.3 is 5.32 Å². The van der Waals surface area contributed by atoms with Crippen LogP contribution in [0.15, 0.2) is 29.6 Å². The van der Waals surface area contributed by atoms with Crippen LogP contribution < -0.4 is 5.32 Å². The van der Waals surface area contributed by atoms with Gasteiger partial charge >= 0.3 is 0 Å². The average Bonchev–Trinajstić information content (AvgIpc) is 3.16. The van der Waals surface area contributed by atoms with E-state index in [0.29, 0.717) is 10.6 Å². The van der Waals surface area contributed by atoms with Gasteiger partial charge in [-0.3, -0.25) is 4.79 Å². The molecular weight excluding hydrogens is 360 g/mol. The monoisotopic (exact) mass is 382 g/mol. The molecule has 0 unspecified atom stereocenters. The molecule has 0 saturated carbocycles. The number of hydrogen-bond donors (Lipinski definition) is 1. The summed E-state index contributed by atoms with van der Waals surface area (Å²) < 4.78 is 1.13. The van der Waals surface area contributed by atoms with Gasteiger partial charge in [0.15, 0.2) is 0 Å². The molecular formula is C21H22N2OS2. The zero-order chi connectivity index (χ0) is 18.9. The molecule has 5 heteroatoms. The Hall–Kier alpha value is -2.16. The molecule has 3 rings (SSSR count). The van der Waals surface area contributed by atoms with Crippen LogP contribution in [-0.4, -0.2) is 5.91 Å². The molecule has 0 radical (unpaired) electrons. The molecule has 1 N–H and O–H groups in total. The molecule has 0 fully saturated rings. The maximum absolute atomic E-state index is 13.0. The number of fused-ring (bicyclic) bond motifs is 1. The highest BCUT2D eigenvalue weighted by Gasteiger charge is 2.25. The van der Waals surface area contributed by atoms with E-state index in [1.807, 2.05) is 17.5 Å². The lowest BCUT2D eigenvalue weighted by molar-refractivity contribution is 0.103. The van der Waals surface area contributed by atoms with Gasteiger partial charge in [-0.05, 0) is 39.8 Å². The molecule has 2 heterocycles. The van der Waals surface area contributed by atoms with E-state index >= 15 is 0 Å². The Bertz CT molecular complexity index is 999. The summed E-state index contributed by atoms with van der Waals surface area (Å²) in [5, 5.41) is 16.4. The zero-order valence-electron chi connectivity index (χ0n) is 15.5. The standard InChI is InChI=1S/C21H22N2OS2/c1-5-8-14-13-9-6-7-10-17(13)26-18(14)19(24)23-20-15(11-22)16(12-25-20)21(2,3)4/h6-7,9-10,12H,5,8H2,1-4H3,(H,23,24). The maximum Gasteiger partial charge on any atom is 0.266 e. The molecule has 0 aliphatic heterocycles. The van der Waals surface area contributed by atoms with E-state index < -0.39 is 0 Å². The Labute approximate surface area is 162 Å². The Morgan fingerprint density at radius 3 is 2.65 bits per heavy atom. The van der Waals surface area contributed by atoms with E-state index in [-0.39, 0.29) is 11.3 Å². The maximum atomic E-state index is 13.0. The molecule has 0 spiro atoms. The first kappa shape index (κ1) is 18.6. The SMILES string of the molecule is CCCc1c(C(=O)Nc2scc(C(C)(C)C)c2C#N)sc2ccccc12. The number of anilines is 1. The van der Waals surface area contributed by atoms with Gasteiger partial charge in [-0.1, -0.05) is 52.3 Å². The Kier molecular flexibility index (Phi) is 5.17. The van der Waals surface area contributed by atoms with Crippen LogP contribution in [-0.2, 0) is 11.8 Å². The van der Waals surface area contributed by atoms with E-state index in [1.54, 1.807) is 0 Å². The van der Waals surface area contributed by atoms with Crippen molar-refractivity contribution in [1.29, 1.82) is 5.26 Å². The minimum atomic E-state index is -0.129. The fourth-order valence-electron chi connectivity index (χ4n) is 3.05. The predicted molar refractivity (Wildman–Crippen MR) is 112 cm³/mol. The first-order valence-electron chi connectivity index (χ1n) is 8.70. The van der Waals surface area contributed by atoms with Crippen LogP contribution in [0.1, 0.15) is 60.5 Å². The van der Waals surface area contributed by atoms with Crippen molar-refractivity contribution in [3.8, 4) is 6.07 Å². The average molecular weight is 383 g/mol. The van der Waals surface area contributed by atoms with Crippen LogP contribution >= 0.6 is 22.7 Å². The van der Waals surface area contributed by atoms with Gasteiger partial charge in [0.05, 0.1) is 10.4 Å². The topological polar surface area (TPSA) is 52.9 Å². The second kappa shape index (κ2) is 7.22. The van der Waals surface area contributed by atoms with E-state index in [1.165, 1.54) is 22.7 Å². The fraction of sp³-hybridized carbons (Fsp3) is 0.333. The van der Waals surface area contributed by atoms with E-state index in [2.05, 4.69) is 51.2 Å². The molecule has 0 bridgehead atoms. The van der Waals surface area contributed by atoms with E-state index in [4.69, 9.17) is 0 Å². The summed E-state index contributed by atoms with van der Waals surface area (Å²) in [5.41, 5.74) is 2.53. The number of nitriles is 1. The predicted octanol–water partition coefficient (Wildman–Crippen LogP) is 6.34. The lowest BCUT2D eigenvalue weighted by atomic mass is 9.86. The first-order chi connectivity index (χ1) is 12.4. The zero-order valence-corrected chi connectivity index (χ0v) is 17.1. The normalized spacial score (nSPS) is 11.5. The minimum Gasteiger partial charge on any atom is -0.312 e. The van der Waals surface area contributed by atoms with Gasteiger partial charge in [0.2, 0.25) is 0 Å². The van der Waals surface area contributed by atoms with Gasteiger partial charge in [0.1, 0.15) is 11.1 Å². The number of amides is 1. The third kappa shape index (κ3) is 3.40. The van der Waals surface area contributed by atoms with Crippen LogP contribution in [0.4, 0.5) is 5.00 Å². The molecule has 134 valence electrons.